The molecule has 2 N–H and O–H groups in total. The first-order valence-corrected chi connectivity index (χ1v) is 9.84. The highest BCUT2D eigenvalue weighted by atomic mass is 35.5. The van der Waals surface area contributed by atoms with Crippen molar-refractivity contribution in [1.29, 1.82) is 0 Å². The van der Waals surface area contributed by atoms with Crippen LogP contribution in [0.4, 0.5) is 0 Å². The quantitative estimate of drug-likeness (QED) is 0.591. The largest absolute Gasteiger partial charge is 0.354 e. The summed E-state index contributed by atoms with van der Waals surface area (Å²) in [5.74, 6) is -0.354. The molecule has 0 aliphatic rings. The number of rotatable bonds is 7. The lowest BCUT2D eigenvalue weighted by molar-refractivity contribution is -0.120. The Labute approximate surface area is 163 Å². The van der Waals surface area contributed by atoms with E-state index < -0.39 is 0 Å². The first kappa shape index (κ1) is 18.5. The Balaban J connectivity index is 1.41. The van der Waals surface area contributed by atoms with Gasteiger partial charge in [0.05, 0.1) is 26.9 Å². The number of nitrogens with zero attached hydrogens (tertiary/aromatic N) is 2. The molecule has 0 unspecified atom stereocenters. The number of hydrogen-bond donors (Lipinski definition) is 2. The van der Waals surface area contributed by atoms with Crippen LogP contribution in [0, 0.1) is 0 Å². The van der Waals surface area contributed by atoms with Gasteiger partial charge in [-0.25, -0.2) is 4.98 Å². The number of hydrogen-bond acceptors (Lipinski definition) is 6. The van der Waals surface area contributed by atoms with Crippen LogP contribution in [0.25, 0.3) is 9.88 Å². The fraction of sp³-hybridized carbons (Fsp3) is 0.176. The van der Waals surface area contributed by atoms with Gasteiger partial charge in [-0.2, -0.15) is 0 Å². The van der Waals surface area contributed by atoms with Gasteiger partial charge in [0.15, 0.2) is 0 Å². The molecule has 134 valence electrons. The van der Waals surface area contributed by atoms with Crippen LogP contribution in [0.15, 0.2) is 42.0 Å². The van der Waals surface area contributed by atoms with Crippen molar-refractivity contribution in [1.82, 2.24) is 20.6 Å². The molecule has 0 atom stereocenters. The third-order valence-electron chi connectivity index (χ3n) is 3.33. The molecular weight excluding hydrogens is 392 g/mol. The summed E-state index contributed by atoms with van der Waals surface area (Å²) in [6.45, 7) is 0.692. The number of carbonyl (C=O) groups is 2. The molecule has 9 heteroatoms. The standard InChI is InChI=1S/C17H15ClN4O2S2/c18-14-4-3-13(26-14)17-22-12(10-25-17)8-15(23)20-6-7-21-16(24)11-2-1-5-19-9-11/h1-5,9-10H,6-8H2,(H,20,23)(H,21,24). The number of nitrogens with one attached hydrogen (secondary N) is 2. The van der Waals surface area contributed by atoms with Gasteiger partial charge < -0.3 is 10.6 Å². The topological polar surface area (TPSA) is 84.0 Å². The zero-order chi connectivity index (χ0) is 18.4. The van der Waals surface area contributed by atoms with Crippen LogP contribution in [-0.4, -0.2) is 34.9 Å². The fourth-order valence-electron chi connectivity index (χ4n) is 2.13. The summed E-state index contributed by atoms with van der Waals surface area (Å²) in [4.78, 5) is 33.2. The number of amides is 2. The molecule has 0 spiro atoms. The smallest absolute Gasteiger partial charge is 0.252 e. The van der Waals surface area contributed by atoms with Crippen molar-refractivity contribution in [2.24, 2.45) is 0 Å². The minimum atomic E-state index is -0.217. The molecule has 3 aromatic heterocycles. The number of pyridine rings is 1. The van der Waals surface area contributed by atoms with Crippen LogP contribution in [0.5, 0.6) is 0 Å². The summed E-state index contributed by atoms with van der Waals surface area (Å²) < 4.78 is 0.711. The SMILES string of the molecule is O=C(Cc1csc(-c2ccc(Cl)s2)n1)NCCNC(=O)c1cccnc1. The van der Waals surface area contributed by atoms with Crippen LogP contribution in [0.1, 0.15) is 16.1 Å². The Bertz CT molecular complexity index is 895. The first-order chi connectivity index (χ1) is 12.6. The Morgan fingerprint density at radius 1 is 1.15 bits per heavy atom. The van der Waals surface area contributed by atoms with Gasteiger partial charge in [0.25, 0.3) is 5.91 Å². The van der Waals surface area contributed by atoms with Gasteiger partial charge in [-0.1, -0.05) is 11.6 Å². The Morgan fingerprint density at radius 3 is 2.73 bits per heavy atom. The van der Waals surface area contributed by atoms with Gasteiger partial charge in [0, 0.05) is 30.9 Å². The van der Waals surface area contributed by atoms with E-state index in [-0.39, 0.29) is 18.2 Å². The van der Waals surface area contributed by atoms with E-state index in [2.05, 4.69) is 20.6 Å². The summed E-state index contributed by atoms with van der Waals surface area (Å²) in [6.07, 6.45) is 3.30. The number of aromatic nitrogens is 2. The van der Waals surface area contributed by atoms with E-state index in [0.717, 1.165) is 9.88 Å². The van der Waals surface area contributed by atoms with Gasteiger partial charge >= 0.3 is 0 Å². The third kappa shape index (κ3) is 5.10. The first-order valence-electron chi connectivity index (χ1n) is 7.77. The van der Waals surface area contributed by atoms with E-state index in [9.17, 15) is 9.59 Å². The van der Waals surface area contributed by atoms with Crippen molar-refractivity contribution < 1.29 is 9.59 Å². The van der Waals surface area contributed by atoms with Crippen LogP contribution in [0.2, 0.25) is 4.34 Å². The Kier molecular flexibility index (Phi) is 6.32. The molecule has 3 heterocycles. The molecule has 3 rings (SSSR count). The minimum absolute atomic E-state index is 0.137. The maximum Gasteiger partial charge on any atom is 0.252 e. The van der Waals surface area contributed by atoms with E-state index in [1.54, 1.807) is 18.3 Å². The summed E-state index contributed by atoms with van der Waals surface area (Å²) >= 11 is 8.88. The van der Waals surface area contributed by atoms with Crippen molar-refractivity contribution in [3.05, 3.63) is 57.6 Å². The number of carbonyl (C=O) groups excluding carboxylic acids is 2. The van der Waals surface area contributed by atoms with Gasteiger partial charge in [0.1, 0.15) is 5.01 Å². The molecule has 26 heavy (non-hydrogen) atoms. The average molecular weight is 407 g/mol. The molecule has 0 bridgehead atoms. The van der Waals surface area contributed by atoms with Gasteiger partial charge in [-0.3, -0.25) is 14.6 Å². The number of halogens is 1. The van der Waals surface area contributed by atoms with Crippen LogP contribution < -0.4 is 10.6 Å². The van der Waals surface area contributed by atoms with Gasteiger partial charge in [0.2, 0.25) is 5.91 Å². The molecule has 6 nitrogen and oxygen atoms in total. The third-order valence-corrected chi connectivity index (χ3v) is 5.63. The van der Waals surface area contributed by atoms with Crippen LogP contribution in [0.3, 0.4) is 0 Å². The molecule has 0 aromatic carbocycles. The van der Waals surface area contributed by atoms with Crippen molar-refractivity contribution in [2.75, 3.05) is 13.1 Å². The van der Waals surface area contributed by atoms with Gasteiger partial charge in [-0.05, 0) is 24.3 Å². The molecular formula is C17H15ClN4O2S2. The Hall–Kier alpha value is -2.29. The molecule has 3 aromatic rings. The van der Waals surface area contributed by atoms with E-state index in [0.29, 0.717) is 28.7 Å². The maximum atomic E-state index is 12.0. The predicted molar refractivity (Wildman–Crippen MR) is 104 cm³/mol. The second-order valence-electron chi connectivity index (χ2n) is 5.27. The Morgan fingerprint density at radius 2 is 2.00 bits per heavy atom. The second-order valence-corrected chi connectivity index (χ2v) is 7.85. The summed E-state index contributed by atoms with van der Waals surface area (Å²) in [6, 6.07) is 7.13. The number of thiophene rings is 1. The normalized spacial score (nSPS) is 10.5. The molecule has 0 aliphatic carbocycles. The highest BCUT2D eigenvalue weighted by molar-refractivity contribution is 7.23. The van der Waals surface area contributed by atoms with E-state index in [1.165, 1.54) is 28.9 Å². The zero-order valence-electron chi connectivity index (χ0n) is 13.6. The predicted octanol–water partition coefficient (Wildman–Crippen LogP) is 3.01. The molecule has 2 amide bonds. The van der Waals surface area contributed by atoms with Crippen LogP contribution >= 0.6 is 34.3 Å². The van der Waals surface area contributed by atoms with E-state index in [4.69, 9.17) is 11.6 Å². The summed E-state index contributed by atoms with van der Waals surface area (Å²) in [5, 5.41) is 8.22. The highest BCUT2D eigenvalue weighted by Crippen LogP contribution is 2.32. The van der Waals surface area contributed by atoms with E-state index >= 15 is 0 Å². The monoisotopic (exact) mass is 406 g/mol. The highest BCUT2D eigenvalue weighted by Gasteiger charge is 2.10. The minimum Gasteiger partial charge on any atom is -0.354 e. The maximum absolute atomic E-state index is 12.0. The lowest BCUT2D eigenvalue weighted by Gasteiger charge is -2.06. The lowest BCUT2D eigenvalue weighted by atomic mass is 10.3. The lowest BCUT2D eigenvalue weighted by Crippen LogP contribution is -2.35. The fourth-order valence-corrected chi connectivity index (χ4v) is 4.07. The van der Waals surface area contributed by atoms with Crippen molar-refractivity contribution in [2.45, 2.75) is 6.42 Å². The molecule has 0 saturated heterocycles. The number of thiazole rings is 1. The molecule has 0 radical (unpaired) electrons. The van der Waals surface area contributed by atoms with E-state index in [1.807, 2.05) is 17.5 Å². The second kappa shape index (κ2) is 8.88. The zero-order valence-corrected chi connectivity index (χ0v) is 16.0. The summed E-state index contributed by atoms with van der Waals surface area (Å²) in [5.41, 5.74) is 1.20. The molecule has 0 aliphatic heterocycles. The molecule has 0 saturated carbocycles. The average Bonchev–Trinajstić information content (AvgIpc) is 3.28. The van der Waals surface area contributed by atoms with Crippen LogP contribution in [-0.2, 0) is 11.2 Å². The van der Waals surface area contributed by atoms with Crippen molar-refractivity contribution >= 4 is 46.1 Å². The van der Waals surface area contributed by atoms with Gasteiger partial charge in [-0.15, -0.1) is 22.7 Å². The molecule has 0 fully saturated rings. The van der Waals surface area contributed by atoms with Crippen molar-refractivity contribution in [3.8, 4) is 9.88 Å². The summed E-state index contributed by atoms with van der Waals surface area (Å²) in [7, 11) is 0. The van der Waals surface area contributed by atoms with Crippen molar-refractivity contribution in [3.63, 3.8) is 0 Å².